The number of benzene rings is 1. The first-order chi connectivity index (χ1) is 15.6. The lowest BCUT2D eigenvalue weighted by Crippen LogP contribution is -2.38. The second kappa shape index (κ2) is 8.61. The maximum absolute atomic E-state index is 6.44. The van der Waals surface area contributed by atoms with Crippen LogP contribution in [0.15, 0.2) is 61.2 Å². The van der Waals surface area contributed by atoms with E-state index < -0.39 is 0 Å². The highest BCUT2D eigenvalue weighted by molar-refractivity contribution is 5.91. The maximum Gasteiger partial charge on any atom is 0.216 e. The quantitative estimate of drug-likeness (QED) is 0.438. The molecular formula is C26H29N5O. The highest BCUT2D eigenvalue weighted by Gasteiger charge is 2.23. The van der Waals surface area contributed by atoms with Crippen LogP contribution >= 0.6 is 0 Å². The topological polar surface area (TPSA) is 56.1 Å². The molecule has 4 aromatic rings. The first kappa shape index (κ1) is 20.5. The van der Waals surface area contributed by atoms with Gasteiger partial charge in [0.1, 0.15) is 17.3 Å². The summed E-state index contributed by atoms with van der Waals surface area (Å²) in [6.07, 6.45) is 7.63. The van der Waals surface area contributed by atoms with Crippen molar-refractivity contribution in [3.8, 4) is 17.1 Å². The van der Waals surface area contributed by atoms with Crippen LogP contribution in [-0.4, -0.2) is 38.7 Å². The number of ether oxygens (including phenoxy) is 1. The normalized spacial score (nSPS) is 14.9. The Labute approximate surface area is 188 Å². The summed E-state index contributed by atoms with van der Waals surface area (Å²) < 4.78 is 8.48. The van der Waals surface area contributed by atoms with E-state index in [4.69, 9.17) is 9.72 Å². The molecule has 6 heteroatoms. The minimum atomic E-state index is 0.152. The van der Waals surface area contributed by atoms with Gasteiger partial charge in [-0.15, -0.1) is 0 Å². The van der Waals surface area contributed by atoms with E-state index in [1.165, 1.54) is 11.3 Å². The number of hydrogen-bond acceptors (Lipinski definition) is 5. The van der Waals surface area contributed by atoms with Crippen LogP contribution in [0.2, 0.25) is 0 Å². The molecule has 5 rings (SSSR count). The van der Waals surface area contributed by atoms with Crippen molar-refractivity contribution in [1.29, 1.82) is 0 Å². The van der Waals surface area contributed by atoms with Crippen LogP contribution in [0.1, 0.15) is 38.2 Å². The van der Waals surface area contributed by atoms with Gasteiger partial charge in [-0.1, -0.05) is 38.1 Å². The average molecular weight is 428 g/mol. The summed E-state index contributed by atoms with van der Waals surface area (Å²) in [5.41, 5.74) is 6.48. The third-order valence-corrected chi connectivity index (χ3v) is 6.28. The summed E-state index contributed by atoms with van der Waals surface area (Å²) in [5, 5.41) is 0. The molecule has 0 N–H and O–H groups in total. The fraction of sp³-hybridized carbons (Fsp3) is 0.346. The molecule has 0 radical (unpaired) electrons. The van der Waals surface area contributed by atoms with Gasteiger partial charge in [-0.2, -0.15) is 0 Å². The van der Waals surface area contributed by atoms with Crippen LogP contribution in [0.4, 0.5) is 5.69 Å². The fourth-order valence-electron chi connectivity index (χ4n) is 4.53. The Morgan fingerprint density at radius 1 is 1.03 bits per heavy atom. The highest BCUT2D eigenvalue weighted by Crippen LogP contribution is 2.34. The fourth-order valence-corrected chi connectivity index (χ4v) is 4.53. The van der Waals surface area contributed by atoms with Crippen LogP contribution in [-0.2, 0) is 7.05 Å². The molecule has 3 aromatic heterocycles. The zero-order chi connectivity index (χ0) is 22.1. The number of hydrogen-bond donors (Lipinski definition) is 0. The van der Waals surface area contributed by atoms with Gasteiger partial charge in [0.2, 0.25) is 5.88 Å². The van der Waals surface area contributed by atoms with E-state index in [1.807, 2.05) is 36.4 Å². The molecule has 0 amide bonds. The van der Waals surface area contributed by atoms with Gasteiger partial charge < -0.3 is 14.2 Å². The number of imidazole rings is 1. The van der Waals surface area contributed by atoms with E-state index in [1.54, 1.807) is 0 Å². The third-order valence-electron chi connectivity index (χ3n) is 6.28. The minimum Gasteiger partial charge on any atom is -0.474 e. The van der Waals surface area contributed by atoms with Crippen molar-refractivity contribution >= 4 is 16.7 Å². The summed E-state index contributed by atoms with van der Waals surface area (Å²) in [5.74, 6) is 1.07. The molecule has 4 heterocycles. The molecular weight excluding hydrogens is 398 g/mol. The van der Waals surface area contributed by atoms with Crippen LogP contribution in [0, 0.1) is 0 Å². The predicted molar refractivity (Wildman–Crippen MR) is 128 cm³/mol. The van der Waals surface area contributed by atoms with E-state index >= 15 is 0 Å². The zero-order valence-corrected chi connectivity index (χ0v) is 18.9. The van der Waals surface area contributed by atoms with Crippen molar-refractivity contribution in [3.05, 3.63) is 66.7 Å². The maximum atomic E-state index is 6.44. The van der Waals surface area contributed by atoms with Crippen molar-refractivity contribution < 1.29 is 4.74 Å². The molecule has 0 bridgehead atoms. The van der Waals surface area contributed by atoms with Crippen LogP contribution < -0.4 is 9.64 Å². The zero-order valence-electron chi connectivity index (χ0n) is 18.9. The summed E-state index contributed by atoms with van der Waals surface area (Å²) in [6.45, 7) is 6.36. The Balaban J connectivity index is 1.43. The standard InChI is InChI=1S/C26H29N5O/c1-18(2)21-6-4-5-7-22(21)25-26-23(30(3)17-28-26)16-24(29-25)32-20-10-14-31(15-11-20)19-8-12-27-13-9-19/h4-9,12-13,16-18,20H,10-11,14-15H2,1-3H3. The molecule has 0 unspecified atom stereocenters. The lowest BCUT2D eigenvalue weighted by molar-refractivity contribution is 0.164. The van der Waals surface area contributed by atoms with Gasteiger partial charge in [0.15, 0.2) is 0 Å². The van der Waals surface area contributed by atoms with Gasteiger partial charge in [0, 0.05) is 62.7 Å². The first-order valence-corrected chi connectivity index (χ1v) is 11.3. The van der Waals surface area contributed by atoms with E-state index in [9.17, 15) is 0 Å². The molecule has 6 nitrogen and oxygen atoms in total. The van der Waals surface area contributed by atoms with Gasteiger partial charge in [0.05, 0.1) is 11.8 Å². The minimum absolute atomic E-state index is 0.152. The first-order valence-electron chi connectivity index (χ1n) is 11.3. The van der Waals surface area contributed by atoms with Gasteiger partial charge in [-0.3, -0.25) is 4.98 Å². The SMILES string of the molecule is CC(C)c1ccccc1-c1nc(OC2CCN(c3ccncc3)CC2)cc2c1ncn2C. The average Bonchev–Trinajstić information content (AvgIpc) is 3.20. The molecule has 1 aliphatic rings. The van der Waals surface area contributed by atoms with E-state index in [0.717, 1.165) is 48.2 Å². The number of fused-ring (bicyclic) bond motifs is 1. The van der Waals surface area contributed by atoms with Gasteiger partial charge in [-0.05, 0) is 23.6 Å². The van der Waals surface area contributed by atoms with Gasteiger partial charge in [0.25, 0.3) is 0 Å². The molecule has 1 aromatic carbocycles. The molecule has 0 aliphatic carbocycles. The molecule has 1 aliphatic heterocycles. The number of pyridine rings is 2. The molecule has 0 atom stereocenters. The molecule has 1 fully saturated rings. The summed E-state index contributed by atoms with van der Waals surface area (Å²) in [4.78, 5) is 16.2. The molecule has 0 spiro atoms. The number of nitrogens with zero attached hydrogens (tertiary/aromatic N) is 5. The lowest BCUT2D eigenvalue weighted by Gasteiger charge is -2.33. The Kier molecular flexibility index (Phi) is 5.52. The smallest absolute Gasteiger partial charge is 0.216 e. The Bertz CT molecular complexity index is 1210. The van der Waals surface area contributed by atoms with Crippen molar-refractivity contribution in [1.82, 2.24) is 19.5 Å². The van der Waals surface area contributed by atoms with Crippen molar-refractivity contribution in [2.45, 2.75) is 38.7 Å². The number of aryl methyl sites for hydroxylation is 1. The molecule has 164 valence electrons. The largest absolute Gasteiger partial charge is 0.474 e. The summed E-state index contributed by atoms with van der Waals surface area (Å²) >= 11 is 0. The highest BCUT2D eigenvalue weighted by atomic mass is 16.5. The van der Waals surface area contributed by atoms with E-state index in [-0.39, 0.29) is 6.10 Å². The van der Waals surface area contributed by atoms with Crippen molar-refractivity contribution in [3.63, 3.8) is 0 Å². The predicted octanol–water partition coefficient (Wildman–Crippen LogP) is 5.20. The number of anilines is 1. The van der Waals surface area contributed by atoms with Crippen LogP contribution in [0.25, 0.3) is 22.3 Å². The van der Waals surface area contributed by atoms with Crippen molar-refractivity contribution in [2.75, 3.05) is 18.0 Å². The van der Waals surface area contributed by atoms with Gasteiger partial charge >= 0.3 is 0 Å². The number of aromatic nitrogens is 4. The van der Waals surface area contributed by atoms with Crippen LogP contribution in [0.3, 0.4) is 0 Å². The number of rotatable bonds is 5. The molecule has 32 heavy (non-hydrogen) atoms. The van der Waals surface area contributed by atoms with Crippen LogP contribution in [0.5, 0.6) is 5.88 Å². The van der Waals surface area contributed by atoms with E-state index in [0.29, 0.717) is 11.8 Å². The van der Waals surface area contributed by atoms with Gasteiger partial charge in [-0.25, -0.2) is 9.97 Å². The molecule has 0 saturated carbocycles. The third kappa shape index (κ3) is 3.93. The second-order valence-corrected chi connectivity index (χ2v) is 8.78. The summed E-state index contributed by atoms with van der Waals surface area (Å²) in [7, 11) is 2.02. The Hall–Kier alpha value is -3.41. The number of piperidine rings is 1. The van der Waals surface area contributed by atoms with E-state index in [2.05, 4.69) is 65.1 Å². The Morgan fingerprint density at radius 3 is 2.53 bits per heavy atom. The Morgan fingerprint density at radius 2 is 1.78 bits per heavy atom. The summed E-state index contributed by atoms with van der Waals surface area (Å²) in [6, 6.07) is 14.6. The molecule has 1 saturated heterocycles. The van der Waals surface area contributed by atoms with Crippen molar-refractivity contribution in [2.24, 2.45) is 7.05 Å². The lowest BCUT2D eigenvalue weighted by atomic mass is 9.94. The monoisotopic (exact) mass is 427 g/mol. The second-order valence-electron chi connectivity index (χ2n) is 8.78.